The van der Waals surface area contributed by atoms with Crippen molar-refractivity contribution in [3.63, 3.8) is 0 Å². The maximum absolute atomic E-state index is 12.5. The van der Waals surface area contributed by atoms with Crippen molar-refractivity contribution in [1.82, 2.24) is 9.78 Å². The second-order valence-electron chi connectivity index (χ2n) is 7.33. The van der Waals surface area contributed by atoms with Gasteiger partial charge in [-0.25, -0.2) is 16.8 Å². The fourth-order valence-corrected chi connectivity index (χ4v) is 5.76. The summed E-state index contributed by atoms with van der Waals surface area (Å²) in [4.78, 5) is 12.5. The average Bonchev–Trinajstić information content (AvgIpc) is 3.07. The molecule has 1 aliphatic heterocycles. The Morgan fingerprint density at radius 3 is 2.59 bits per heavy atom. The van der Waals surface area contributed by atoms with Crippen LogP contribution in [0.3, 0.4) is 0 Å². The van der Waals surface area contributed by atoms with Crippen LogP contribution in [0.15, 0.2) is 24.3 Å². The van der Waals surface area contributed by atoms with Crippen LogP contribution >= 0.6 is 0 Å². The molecule has 0 radical (unpaired) electrons. The van der Waals surface area contributed by atoms with Gasteiger partial charge in [-0.2, -0.15) is 5.10 Å². The molecule has 0 unspecified atom stereocenters. The van der Waals surface area contributed by atoms with Gasteiger partial charge in [0, 0.05) is 16.9 Å². The number of carbonyl (C=O) groups excluding carboxylic acids is 1. The van der Waals surface area contributed by atoms with Gasteiger partial charge in [0.25, 0.3) is 0 Å². The van der Waals surface area contributed by atoms with E-state index in [9.17, 15) is 21.6 Å². The Morgan fingerprint density at radius 2 is 1.97 bits per heavy atom. The molecule has 0 spiro atoms. The van der Waals surface area contributed by atoms with Crippen molar-refractivity contribution < 1.29 is 21.6 Å². The molecule has 2 heterocycles. The molecule has 0 aliphatic carbocycles. The van der Waals surface area contributed by atoms with E-state index in [1.165, 1.54) is 6.07 Å². The van der Waals surface area contributed by atoms with Gasteiger partial charge in [0.05, 0.1) is 41.6 Å². The van der Waals surface area contributed by atoms with Crippen molar-refractivity contribution in [3.8, 4) is 0 Å². The minimum absolute atomic E-state index is 0.0702. The SMILES string of the molecule is Cc1nn([C@@H]2CCS(=O)(=O)C2)c(C)c1CC(=O)Nc1cccc(NS(C)(=O)=O)c1. The highest BCUT2D eigenvalue weighted by Gasteiger charge is 2.31. The van der Waals surface area contributed by atoms with E-state index in [0.29, 0.717) is 23.5 Å². The third-order valence-corrected chi connectivity index (χ3v) is 7.17. The second kappa shape index (κ2) is 7.79. The Balaban J connectivity index is 1.72. The number of benzene rings is 1. The summed E-state index contributed by atoms with van der Waals surface area (Å²) in [6, 6.07) is 6.22. The van der Waals surface area contributed by atoms with Gasteiger partial charge >= 0.3 is 0 Å². The minimum Gasteiger partial charge on any atom is -0.326 e. The van der Waals surface area contributed by atoms with Crippen LogP contribution in [0.4, 0.5) is 11.4 Å². The normalized spacial score (nSPS) is 18.5. The third-order valence-electron chi connectivity index (χ3n) is 4.82. The molecule has 2 aromatic rings. The van der Waals surface area contributed by atoms with Crippen molar-refractivity contribution >= 4 is 37.1 Å². The minimum atomic E-state index is -3.41. The molecular formula is C18H24N4O5S2. The molecule has 1 aromatic carbocycles. The van der Waals surface area contributed by atoms with Gasteiger partial charge < -0.3 is 5.32 Å². The summed E-state index contributed by atoms with van der Waals surface area (Å²) in [5, 5.41) is 7.22. The monoisotopic (exact) mass is 440 g/mol. The average molecular weight is 441 g/mol. The molecule has 3 rings (SSSR count). The first-order valence-electron chi connectivity index (χ1n) is 9.06. The summed E-state index contributed by atoms with van der Waals surface area (Å²) >= 11 is 0. The van der Waals surface area contributed by atoms with E-state index in [1.807, 2.05) is 6.92 Å². The Labute approximate surface area is 170 Å². The number of aromatic nitrogens is 2. The zero-order valence-electron chi connectivity index (χ0n) is 16.5. The molecule has 0 saturated carbocycles. The van der Waals surface area contributed by atoms with Gasteiger partial charge in [-0.1, -0.05) is 6.07 Å². The molecule has 1 fully saturated rings. The summed E-state index contributed by atoms with van der Waals surface area (Å²) in [5.41, 5.74) is 3.06. The summed E-state index contributed by atoms with van der Waals surface area (Å²) in [5.74, 6) is -0.0453. The zero-order valence-corrected chi connectivity index (χ0v) is 18.1. The highest BCUT2D eigenvalue weighted by Crippen LogP contribution is 2.27. The van der Waals surface area contributed by atoms with Crippen LogP contribution < -0.4 is 10.0 Å². The van der Waals surface area contributed by atoms with Gasteiger partial charge in [0.2, 0.25) is 15.9 Å². The van der Waals surface area contributed by atoms with Crippen molar-refractivity contribution in [2.24, 2.45) is 0 Å². The van der Waals surface area contributed by atoms with Crippen molar-refractivity contribution in [2.45, 2.75) is 32.7 Å². The summed E-state index contributed by atoms with van der Waals surface area (Å²) in [7, 11) is -6.45. The molecule has 1 saturated heterocycles. The van der Waals surface area contributed by atoms with Crippen LogP contribution in [0.25, 0.3) is 0 Å². The van der Waals surface area contributed by atoms with Crippen LogP contribution in [-0.4, -0.2) is 50.3 Å². The van der Waals surface area contributed by atoms with E-state index in [0.717, 1.165) is 17.5 Å². The Bertz CT molecular complexity index is 1150. The molecule has 1 aliphatic rings. The van der Waals surface area contributed by atoms with Crippen molar-refractivity contribution in [3.05, 3.63) is 41.2 Å². The molecule has 9 nitrogen and oxygen atoms in total. The van der Waals surface area contributed by atoms with Gasteiger partial charge in [-0.15, -0.1) is 0 Å². The number of rotatable bonds is 6. The molecule has 2 N–H and O–H groups in total. The Hall–Kier alpha value is -2.40. The van der Waals surface area contributed by atoms with E-state index >= 15 is 0 Å². The zero-order chi connectivity index (χ0) is 21.4. The highest BCUT2D eigenvalue weighted by molar-refractivity contribution is 7.92. The number of sulfone groups is 1. The first kappa shape index (κ1) is 21.3. The van der Waals surface area contributed by atoms with Crippen molar-refractivity contribution in [1.29, 1.82) is 0 Å². The Kier molecular flexibility index (Phi) is 5.72. The third kappa shape index (κ3) is 5.36. The van der Waals surface area contributed by atoms with E-state index in [2.05, 4.69) is 15.1 Å². The number of hydrogen-bond donors (Lipinski definition) is 2. The molecular weight excluding hydrogens is 416 g/mol. The lowest BCUT2D eigenvalue weighted by molar-refractivity contribution is -0.115. The lowest BCUT2D eigenvalue weighted by atomic mass is 10.1. The van der Waals surface area contributed by atoms with Gasteiger partial charge in [-0.3, -0.25) is 14.2 Å². The maximum atomic E-state index is 12.5. The maximum Gasteiger partial charge on any atom is 0.229 e. The molecule has 1 amide bonds. The van der Waals surface area contributed by atoms with Gasteiger partial charge in [-0.05, 0) is 38.5 Å². The number of nitrogens with zero attached hydrogens (tertiary/aromatic N) is 2. The molecule has 0 bridgehead atoms. The molecule has 11 heteroatoms. The van der Waals surface area contributed by atoms with Crippen LogP contribution in [-0.2, 0) is 31.1 Å². The lowest BCUT2D eigenvalue weighted by Gasteiger charge is -2.12. The Morgan fingerprint density at radius 1 is 1.28 bits per heavy atom. The summed E-state index contributed by atoms with van der Waals surface area (Å²) in [6.45, 7) is 3.64. The predicted molar refractivity (Wildman–Crippen MR) is 111 cm³/mol. The first-order valence-corrected chi connectivity index (χ1v) is 12.8. The highest BCUT2D eigenvalue weighted by atomic mass is 32.2. The van der Waals surface area contributed by atoms with Crippen LogP contribution in [0.1, 0.15) is 29.4 Å². The lowest BCUT2D eigenvalue weighted by Crippen LogP contribution is -2.17. The smallest absolute Gasteiger partial charge is 0.229 e. The standard InChI is InChI=1S/C18H24N4O5S2/c1-12-17(13(2)22(20-12)16-7-8-29(26,27)11-16)10-18(23)19-14-5-4-6-15(9-14)21-28(3,24)25/h4-6,9,16,21H,7-8,10-11H2,1-3H3,(H,19,23)/t16-/m1/s1. The number of nitrogens with one attached hydrogen (secondary N) is 2. The molecule has 158 valence electrons. The van der Waals surface area contributed by atoms with Crippen molar-refractivity contribution in [2.75, 3.05) is 27.8 Å². The van der Waals surface area contributed by atoms with E-state index in [1.54, 1.807) is 29.8 Å². The van der Waals surface area contributed by atoms with E-state index < -0.39 is 19.9 Å². The fraction of sp³-hybridized carbons (Fsp3) is 0.444. The van der Waals surface area contributed by atoms with Crippen LogP contribution in [0.5, 0.6) is 0 Å². The number of anilines is 2. The van der Waals surface area contributed by atoms with E-state index in [-0.39, 0.29) is 29.9 Å². The van der Waals surface area contributed by atoms with Crippen LogP contribution in [0, 0.1) is 13.8 Å². The number of hydrogen-bond acceptors (Lipinski definition) is 6. The molecule has 1 aromatic heterocycles. The number of carbonyl (C=O) groups is 1. The largest absolute Gasteiger partial charge is 0.326 e. The predicted octanol–water partition coefficient (Wildman–Crippen LogP) is 1.41. The number of amides is 1. The second-order valence-corrected chi connectivity index (χ2v) is 11.3. The summed E-state index contributed by atoms with van der Waals surface area (Å²) in [6.07, 6.45) is 1.66. The van der Waals surface area contributed by atoms with Gasteiger partial charge in [0.15, 0.2) is 9.84 Å². The fourth-order valence-electron chi connectivity index (χ4n) is 3.52. The quantitative estimate of drug-likeness (QED) is 0.699. The molecule has 1 atom stereocenters. The summed E-state index contributed by atoms with van der Waals surface area (Å²) < 4.78 is 50.3. The number of sulfonamides is 1. The number of aryl methyl sites for hydroxylation is 1. The van der Waals surface area contributed by atoms with E-state index in [4.69, 9.17) is 0 Å². The topological polar surface area (TPSA) is 127 Å². The molecule has 29 heavy (non-hydrogen) atoms. The first-order chi connectivity index (χ1) is 13.4. The van der Waals surface area contributed by atoms with Crippen LogP contribution in [0.2, 0.25) is 0 Å². The van der Waals surface area contributed by atoms with Gasteiger partial charge in [0.1, 0.15) is 0 Å².